The zero-order chi connectivity index (χ0) is 19.4. The van der Waals surface area contributed by atoms with Gasteiger partial charge in [0.25, 0.3) is 5.56 Å². The summed E-state index contributed by atoms with van der Waals surface area (Å²) < 4.78 is 10.6. The van der Waals surface area contributed by atoms with Crippen LogP contribution in [0.25, 0.3) is 0 Å². The maximum Gasteiger partial charge on any atom is 0.290 e. The van der Waals surface area contributed by atoms with Crippen LogP contribution in [0, 0.1) is 0 Å². The number of aryl methyl sites for hydroxylation is 3. The minimum Gasteiger partial charge on any atom is -0.477 e. The number of aromatic nitrogens is 6. The maximum atomic E-state index is 12.3. The Kier molecular flexibility index (Phi) is 5.58. The number of ether oxygens (including phenoxy) is 1. The Bertz CT molecular complexity index is 957. The highest BCUT2D eigenvalue weighted by molar-refractivity contribution is 5.43. The summed E-state index contributed by atoms with van der Waals surface area (Å²) >= 11 is 0. The molecule has 0 saturated heterocycles. The minimum atomic E-state index is -0.208. The molecular formula is C18H25N7O2. The second kappa shape index (κ2) is 8.07. The van der Waals surface area contributed by atoms with Crippen LogP contribution in [0.3, 0.4) is 0 Å². The minimum absolute atomic E-state index is 0.208. The van der Waals surface area contributed by atoms with E-state index < -0.39 is 0 Å². The number of nitrogens with one attached hydrogen (secondary N) is 1. The summed E-state index contributed by atoms with van der Waals surface area (Å²) in [5.41, 5.74) is 2.11. The van der Waals surface area contributed by atoms with Crippen molar-refractivity contribution in [1.82, 2.24) is 29.3 Å². The Balaban J connectivity index is 1.60. The normalized spacial score (nSPS) is 12.1. The lowest BCUT2D eigenvalue weighted by molar-refractivity contribution is 0.281. The molecule has 27 heavy (non-hydrogen) atoms. The van der Waals surface area contributed by atoms with Crippen molar-refractivity contribution in [2.24, 2.45) is 21.1 Å². The number of nitrogens with zero attached hydrogens (tertiary/aromatic N) is 6. The molecule has 144 valence electrons. The highest BCUT2D eigenvalue weighted by Gasteiger charge is 2.11. The van der Waals surface area contributed by atoms with Gasteiger partial charge in [-0.05, 0) is 18.6 Å². The fraction of sp³-hybridized carbons (Fsp3) is 0.444. The number of hydrogen-bond acceptors (Lipinski definition) is 6. The average molecular weight is 371 g/mol. The number of hydrogen-bond donors (Lipinski definition) is 1. The van der Waals surface area contributed by atoms with E-state index in [1.807, 2.05) is 38.6 Å². The smallest absolute Gasteiger partial charge is 0.290 e. The van der Waals surface area contributed by atoms with Gasteiger partial charge in [-0.3, -0.25) is 14.2 Å². The predicted octanol–water partition coefficient (Wildman–Crippen LogP) is 1.43. The molecule has 9 heteroatoms. The SMILES string of the molecule is C[C@H](CCOc1cc(NCc2ccn(C)n2)c(=O)n(C)n1)c1ccn(C)n1. The van der Waals surface area contributed by atoms with Crippen LogP contribution >= 0.6 is 0 Å². The van der Waals surface area contributed by atoms with E-state index in [4.69, 9.17) is 4.74 Å². The van der Waals surface area contributed by atoms with Crippen molar-refractivity contribution in [3.05, 3.63) is 52.3 Å². The van der Waals surface area contributed by atoms with Crippen LogP contribution in [0.5, 0.6) is 5.88 Å². The molecule has 0 saturated carbocycles. The zero-order valence-electron chi connectivity index (χ0n) is 16.1. The molecule has 1 N–H and O–H groups in total. The van der Waals surface area contributed by atoms with Crippen molar-refractivity contribution in [2.75, 3.05) is 11.9 Å². The summed E-state index contributed by atoms with van der Waals surface area (Å²) in [6.45, 7) is 3.05. The van der Waals surface area contributed by atoms with Crippen LogP contribution in [-0.4, -0.2) is 35.9 Å². The van der Waals surface area contributed by atoms with Gasteiger partial charge in [-0.25, -0.2) is 4.68 Å². The molecule has 3 aromatic rings. The standard InChI is InChI=1S/C18H25N7O2/c1-13(15-6-9-24(3)21-15)7-10-27-17-11-16(18(26)25(4)22-17)19-12-14-5-8-23(2)20-14/h5-6,8-9,11,13,19H,7,10,12H2,1-4H3/t13-/m1/s1. The first kappa shape index (κ1) is 18.7. The lowest BCUT2D eigenvalue weighted by Gasteiger charge is -2.12. The second-order valence-corrected chi connectivity index (χ2v) is 6.61. The van der Waals surface area contributed by atoms with Crippen molar-refractivity contribution in [2.45, 2.75) is 25.8 Å². The highest BCUT2D eigenvalue weighted by Crippen LogP contribution is 2.18. The average Bonchev–Trinajstić information content (AvgIpc) is 3.25. The van der Waals surface area contributed by atoms with Crippen molar-refractivity contribution < 1.29 is 4.74 Å². The van der Waals surface area contributed by atoms with Gasteiger partial charge in [0.15, 0.2) is 0 Å². The van der Waals surface area contributed by atoms with Crippen molar-refractivity contribution in [1.29, 1.82) is 0 Å². The van der Waals surface area contributed by atoms with Crippen LogP contribution in [0.15, 0.2) is 35.4 Å². The van der Waals surface area contributed by atoms with Crippen LogP contribution in [-0.2, 0) is 27.7 Å². The Morgan fingerprint density at radius 3 is 2.52 bits per heavy atom. The maximum absolute atomic E-state index is 12.3. The first-order chi connectivity index (χ1) is 12.9. The van der Waals surface area contributed by atoms with Gasteiger partial charge in [0.2, 0.25) is 5.88 Å². The third kappa shape index (κ3) is 4.75. The van der Waals surface area contributed by atoms with Crippen molar-refractivity contribution >= 4 is 5.69 Å². The van der Waals surface area contributed by atoms with Crippen molar-refractivity contribution in [3.8, 4) is 5.88 Å². The van der Waals surface area contributed by atoms with E-state index in [9.17, 15) is 4.79 Å². The van der Waals surface area contributed by atoms with Gasteiger partial charge < -0.3 is 10.1 Å². The van der Waals surface area contributed by atoms with Crippen LogP contribution in [0.4, 0.5) is 5.69 Å². The summed E-state index contributed by atoms with van der Waals surface area (Å²) in [6.07, 6.45) is 4.60. The van der Waals surface area contributed by atoms with E-state index in [2.05, 4.69) is 27.5 Å². The molecule has 0 radical (unpaired) electrons. The summed E-state index contributed by atoms with van der Waals surface area (Å²) in [4.78, 5) is 12.3. The highest BCUT2D eigenvalue weighted by atomic mass is 16.5. The molecule has 1 atom stereocenters. The fourth-order valence-corrected chi connectivity index (χ4v) is 2.71. The summed E-state index contributed by atoms with van der Waals surface area (Å²) in [6, 6.07) is 5.54. The Labute approximate surface area is 157 Å². The first-order valence-electron chi connectivity index (χ1n) is 8.85. The van der Waals surface area contributed by atoms with E-state index in [0.29, 0.717) is 24.7 Å². The van der Waals surface area contributed by atoms with Gasteiger partial charge in [-0.15, -0.1) is 5.10 Å². The van der Waals surface area contributed by atoms with Gasteiger partial charge in [0.05, 0.1) is 24.5 Å². The Hall–Kier alpha value is -3.10. The molecule has 0 aliphatic carbocycles. The fourth-order valence-electron chi connectivity index (χ4n) is 2.71. The molecule has 0 aliphatic heterocycles. The van der Waals surface area contributed by atoms with E-state index in [1.165, 1.54) is 4.68 Å². The molecule has 3 aromatic heterocycles. The summed E-state index contributed by atoms with van der Waals surface area (Å²) in [5, 5.41) is 16.0. The van der Waals surface area contributed by atoms with Crippen LogP contribution < -0.4 is 15.6 Å². The molecule has 0 amide bonds. The van der Waals surface area contributed by atoms with Gasteiger partial charge in [0, 0.05) is 45.5 Å². The summed E-state index contributed by atoms with van der Waals surface area (Å²) in [5.74, 6) is 0.689. The van der Waals surface area contributed by atoms with Crippen molar-refractivity contribution in [3.63, 3.8) is 0 Å². The monoisotopic (exact) mass is 371 g/mol. The molecule has 0 aliphatic rings. The molecule has 0 spiro atoms. The third-order valence-electron chi connectivity index (χ3n) is 4.31. The predicted molar refractivity (Wildman–Crippen MR) is 102 cm³/mol. The molecule has 0 bridgehead atoms. The van der Waals surface area contributed by atoms with Crippen LogP contribution in [0.1, 0.15) is 30.7 Å². The molecule has 0 unspecified atom stereocenters. The first-order valence-corrected chi connectivity index (χ1v) is 8.85. The second-order valence-electron chi connectivity index (χ2n) is 6.61. The quantitative estimate of drug-likeness (QED) is 0.644. The Morgan fingerprint density at radius 2 is 1.85 bits per heavy atom. The number of rotatable bonds is 8. The van der Waals surface area contributed by atoms with Crippen LogP contribution in [0.2, 0.25) is 0 Å². The third-order valence-corrected chi connectivity index (χ3v) is 4.31. The molecule has 0 fully saturated rings. The van der Waals surface area contributed by atoms with Gasteiger partial charge >= 0.3 is 0 Å². The Morgan fingerprint density at radius 1 is 1.11 bits per heavy atom. The van der Waals surface area contributed by atoms with Gasteiger partial charge in [-0.1, -0.05) is 6.92 Å². The molecule has 9 nitrogen and oxygen atoms in total. The van der Waals surface area contributed by atoms with Gasteiger partial charge in [-0.2, -0.15) is 10.2 Å². The summed E-state index contributed by atoms with van der Waals surface area (Å²) in [7, 11) is 5.37. The van der Waals surface area contributed by atoms with Gasteiger partial charge in [0.1, 0.15) is 5.69 Å². The molecule has 3 rings (SSSR count). The number of anilines is 1. The van der Waals surface area contributed by atoms with E-state index in [0.717, 1.165) is 17.8 Å². The lowest BCUT2D eigenvalue weighted by atomic mass is 10.1. The molecular weight excluding hydrogens is 346 g/mol. The van der Waals surface area contributed by atoms with E-state index in [-0.39, 0.29) is 11.5 Å². The lowest BCUT2D eigenvalue weighted by Crippen LogP contribution is -2.24. The zero-order valence-corrected chi connectivity index (χ0v) is 16.1. The topological polar surface area (TPSA) is 91.8 Å². The van der Waals surface area contributed by atoms with E-state index in [1.54, 1.807) is 22.5 Å². The molecule has 3 heterocycles. The van der Waals surface area contributed by atoms with E-state index >= 15 is 0 Å². The largest absolute Gasteiger partial charge is 0.477 e. The molecule has 0 aromatic carbocycles.